The van der Waals surface area contributed by atoms with E-state index in [4.69, 9.17) is 16.7 Å². The van der Waals surface area contributed by atoms with E-state index in [1.54, 1.807) is 34.5 Å². The second kappa shape index (κ2) is 9.38. The Hall–Kier alpha value is -3.14. The third kappa shape index (κ3) is 4.52. The molecule has 2 N–H and O–H groups in total. The number of fused-ring (bicyclic) bond motifs is 1. The lowest BCUT2D eigenvalue weighted by Gasteiger charge is -2.27. The third-order valence-corrected chi connectivity index (χ3v) is 7.30. The molecule has 0 fully saturated rings. The summed E-state index contributed by atoms with van der Waals surface area (Å²) in [6, 6.07) is 14.9. The van der Waals surface area contributed by atoms with Gasteiger partial charge in [0.1, 0.15) is 6.04 Å². The van der Waals surface area contributed by atoms with Crippen LogP contribution in [0.5, 0.6) is 0 Å². The maximum Gasteiger partial charge on any atom is 0.255 e. The number of hydrogen-bond donors (Lipinski definition) is 2. The average molecular weight is 495 g/mol. The van der Waals surface area contributed by atoms with Crippen LogP contribution in [0.1, 0.15) is 23.4 Å². The fourth-order valence-corrected chi connectivity index (χ4v) is 5.52. The van der Waals surface area contributed by atoms with Crippen LogP contribution in [0.15, 0.2) is 82.7 Å². The summed E-state index contributed by atoms with van der Waals surface area (Å²) in [5, 5.41) is 14.3. The Balaban J connectivity index is 1.46. The first-order valence-electron chi connectivity index (χ1n) is 10.2. The van der Waals surface area contributed by atoms with Crippen molar-refractivity contribution in [2.24, 2.45) is 0 Å². The van der Waals surface area contributed by atoms with Crippen LogP contribution in [-0.4, -0.2) is 25.7 Å². The Kier molecular flexibility index (Phi) is 6.17. The molecule has 0 radical (unpaired) electrons. The van der Waals surface area contributed by atoms with Crippen LogP contribution in [0.25, 0.3) is 0 Å². The molecular formula is C23H19ClN6OS2. The smallest absolute Gasteiger partial charge is 0.255 e. The Bertz CT molecular complexity index is 1320. The summed E-state index contributed by atoms with van der Waals surface area (Å²) in [7, 11) is 0. The van der Waals surface area contributed by atoms with Crippen molar-refractivity contribution < 1.29 is 4.79 Å². The number of nitrogens with zero attached hydrogens (tertiary/aromatic N) is 4. The van der Waals surface area contributed by atoms with Gasteiger partial charge >= 0.3 is 0 Å². The number of carbonyl (C=O) groups excluding carboxylic acids is 1. The molecule has 33 heavy (non-hydrogen) atoms. The molecule has 0 bridgehead atoms. The van der Waals surface area contributed by atoms with Crippen molar-refractivity contribution in [3.05, 3.63) is 93.0 Å². The summed E-state index contributed by atoms with van der Waals surface area (Å²) in [4.78, 5) is 23.1. The average Bonchev–Trinajstić information content (AvgIpc) is 3.48. The van der Waals surface area contributed by atoms with Crippen molar-refractivity contribution in [3.63, 3.8) is 0 Å². The van der Waals surface area contributed by atoms with Gasteiger partial charge in [-0.25, -0.2) is 4.68 Å². The molecule has 5 rings (SSSR count). The van der Waals surface area contributed by atoms with Crippen molar-refractivity contribution >= 4 is 52.2 Å². The molecule has 4 aromatic rings. The highest BCUT2D eigenvalue weighted by atomic mass is 35.5. The van der Waals surface area contributed by atoms with Crippen molar-refractivity contribution in [2.75, 3.05) is 10.6 Å². The maximum absolute atomic E-state index is 13.3. The minimum Gasteiger partial charge on any atom is -0.328 e. The summed E-state index contributed by atoms with van der Waals surface area (Å²) in [5.74, 6) is 1.04. The third-order valence-electron chi connectivity index (χ3n) is 5.12. The molecule has 10 heteroatoms. The molecular weight excluding hydrogens is 476 g/mol. The van der Waals surface area contributed by atoms with E-state index >= 15 is 0 Å². The van der Waals surface area contributed by atoms with Gasteiger partial charge in [0.05, 0.1) is 17.5 Å². The minimum atomic E-state index is -0.389. The molecule has 1 amide bonds. The lowest BCUT2D eigenvalue weighted by Crippen LogP contribution is -2.31. The van der Waals surface area contributed by atoms with E-state index in [9.17, 15) is 4.79 Å². The van der Waals surface area contributed by atoms with Gasteiger partial charge in [-0.2, -0.15) is 4.98 Å². The second-order valence-electron chi connectivity index (χ2n) is 7.32. The largest absolute Gasteiger partial charge is 0.328 e. The van der Waals surface area contributed by atoms with E-state index in [1.807, 2.05) is 54.8 Å². The number of anilines is 2. The minimum absolute atomic E-state index is 0.210. The van der Waals surface area contributed by atoms with Crippen LogP contribution in [0.4, 0.5) is 11.6 Å². The van der Waals surface area contributed by atoms with E-state index in [-0.39, 0.29) is 11.9 Å². The highest BCUT2D eigenvalue weighted by Crippen LogP contribution is 2.38. The maximum atomic E-state index is 13.3. The van der Waals surface area contributed by atoms with Crippen LogP contribution in [0.3, 0.4) is 0 Å². The second-order valence-corrected chi connectivity index (χ2v) is 9.65. The molecule has 1 atom stereocenters. The molecule has 3 aromatic heterocycles. The van der Waals surface area contributed by atoms with Crippen molar-refractivity contribution in [1.82, 2.24) is 19.7 Å². The number of rotatable bonds is 6. The highest BCUT2D eigenvalue weighted by Gasteiger charge is 2.35. The number of nitrogens with one attached hydrogen (secondary N) is 2. The predicted molar refractivity (Wildman–Crippen MR) is 133 cm³/mol. The number of pyridine rings is 1. The van der Waals surface area contributed by atoms with Crippen molar-refractivity contribution in [3.8, 4) is 0 Å². The fourth-order valence-electron chi connectivity index (χ4n) is 3.59. The number of halogens is 1. The quantitative estimate of drug-likeness (QED) is 0.339. The lowest BCUT2D eigenvalue weighted by atomic mass is 10.0. The molecule has 0 saturated carbocycles. The number of thioether (sulfide) groups is 1. The SMILES string of the molecule is CC1=C(C(=O)Nc2cccnc2)C(c2cccs2)n2nc(SCc3ccccc3Cl)nc2N1. The number of amides is 1. The molecule has 166 valence electrons. The van der Waals surface area contributed by atoms with Gasteiger partial charge in [0.25, 0.3) is 5.91 Å². The van der Waals surface area contributed by atoms with Crippen molar-refractivity contribution in [2.45, 2.75) is 23.9 Å². The topological polar surface area (TPSA) is 84.7 Å². The van der Waals surface area contributed by atoms with Gasteiger partial charge in [0.2, 0.25) is 11.1 Å². The summed E-state index contributed by atoms with van der Waals surface area (Å²) >= 11 is 9.38. The zero-order valence-electron chi connectivity index (χ0n) is 17.5. The molecule has 4 heterocycles. The van der Waals surface area contributed by atoms with E-state index < -0.39 is 0 Å². The van der Waals surface area contributed by atoms with E-state index in [0.29, 0.717) is 28.1 Å². The molecule has 1 unspecified atom stereocenters. The highest BCUT2D eigenvalue weighted by molar-refractivity contribution is 7.98. The Labute approximate surface area is 203 Å². The van der Waals surface area contributed by atoms with Crippen LogP contribution >= 0.6 is 34.7 Å². The number of carbonyl (C=O) groups is 1. The normalized spacial score (nSPS) is 15.2. The summed E-state index contributed by atoms with van der Waals surface area (Å²) in [5.41, 5.74) is 2.97. The summed E-state index contributed by atoms with van der Waals surface area (Å²) < 4.78 is 1.78. The monoisotopic (exact) mass is 494 g/mol. The molecule has 1 aromatic carbocycles. The molecule has 7 nitrogen and oxygen atoms in total. The Morgan fingerprint density at radius 2 is 2.12 bits per heavy atom. The molecule has 1 aliphatic heterocycles. The van der Waals surface area contributed by atoms with Gasteiger partial charge in [-0.1, -0.05) is 47.6 Å². The van der Waals surface area contributed by atoms with Gasteiger partial charge in [0, 0.05) is 27.5 Å². The summed E-state index contributed by atoms with van der Waals surface area (Å²) in [6.07, 6.45) is 3.29. The Morgan fingerprint density at radius 3 is 2.88 bits per heavy atom. The number of benzene rings is 1. The lowest BCUT2D eigenvalue weighted by molar-refractivity contribution is -0.113. The van der Waals surface area contributed by atoms with Gasteiger partial charge in [-0.15, -0.1) is 16.4 Å². The molecule has 0 spiro atoms. The first-order chi connectivity index (χ1) is 16.1. The molecule has 0 aliphatic carbocycles. The standard InChI is InChI=1S/C23H19ClN6OS2/c1-14-19(21(31)27-16-7-4-10-25-12-16)20(18-9-5-11-32-18)30-22(26-14)28-23(29-30)33-13-15-6-2-3-8-17(15)24/h2-12,20H,13H2,1H3,(H,27,31)(H,26,28,29). The van der Waals surface area contributed by atoms with Crippen LogP contribution in [0, 0.1) is 0 Å². The zero-order valence-corrected chi connectivity index (χ0v) is 19.9. The van der Waals surface area contributed by atoms with Gasteiger partial charge in [-0.3, -0.25) is 9.78 Å². The summed E-state index contributed by atoms with van der Waals surface area (Å²) in [6.45, 7) is 1.88. The zero-order chi connectivity index (χ0) is 22.8. The van der Waals surface area contributed by atoms with Crippen LogP contribution in [0.2, 0.25) is 5.02 Å². The number of allylic oxidation sites excluding steroid dienone is 1. The fraction of sp³-hybridized carbons (Fsp3) is 0.130. The molecule has 0 saturated heterocycles. The van der Waals surface area contributed by atoms with Gasteiger partial charge in [-0.05, 0) is 42.1 Å². The van der Waals surface area contributed by atoms with Crippen LogP contribution in [-0.2, 0) is 10.5 Å². The number of aromatic nitrogens is 4. The number of hydrogen-bond acceptors (Lipinski definition) is 7. The Morgan fingerprint density at radius 1 is 1.24 bits per heavy atom. The number of thiophene rings is 1. The first-order valence-corrected chi connectivity index (χ1v) is 12.4. The van der Waals surface area contributed by atoms with E-state index in [0.717, 1.165) is 21.2 Å². The van der Waals surface area contributed by atoms with Crippen LogP contribution < -0.4 is 10.6 Å². The predicted octanol–water partition coefficient (Wildman–Crippen LogP) is 5.61. The van der Waals surface area contributed by atoms with E-state index in [2.05, 4.69) is 20.6 Å². The van der Waals surface area contributed by atoms with Gasteiger partial charge in [0.15, 0.2) is 0 Å². The molecule has 1 aliphatic rings. The first kappa shape index (κ1) is 21.7. The van der Waals surface area contributed by atoms with Gasteiger partial charge < -0.3 is 10.6 Å². The van der Waals surface area contributed by atoms with E-state index in [1.165, 1.54) is 11.8 Å². The van der Waals surface area contributed by atoms with Crippen molar-refractivity contribution in [1.29, 1.82) is 0 Å².